The van der Waals surface area contributed by atoms with Gasteiger partial charge < -0.3 is 5.32 Å². The van der Waals surface area contributed by atoms with Crippen LogP contribution in [0.15, 0.2) is 48.5 Å². The lowest BCUT2D eigenvalue weighted by molar-refractivity contribution is 0.0591. The molecule has 6 aromatic rings. The first-order chi connectivity index (χ1) is 22.3. The summed E-state index contributed by atoms with van der Waals surface area (Å²) in [6.45, 7) is 5.83. The lowest BCUT2D eigenvalue weighted by Gasteiger charge is -2.27. The monoisotopic (exact) mass is 647 g/mol. The SMILES string of the molecule is Cc1nc2cc3c4c(cccc4c2s1)C(=O)N(CCCCNCCCN1C(=O)c2cccc4c2c(cc2nc(C)sc24)C1=O)C3=O. The standard InChI is InChI=1S/C35H29N5O4S2/c1-18-37-26-16-24-28-20(30(26)45-18)8-5-10-22(28)32(41)39(34(24)43)14-4-3-12-36-13-7-15-40-33(42)23-11-6-9-21-29(23)25(35(40)44)17-27-31(21)46-19(2)38-27/h5-6,8-11,16-17,36H,3-4,7,12-15H2,1-2H3. The lowest BCUT2D eigenvalue weighted by Crippen LogP contribution is -2.41. The smallest absolute Gasteiger partial charge is 0.261 e. The minimum atomic E-state index is -0.278. The first-order valence-electron chi connectivity index (χ1n) is 15.4. The van der Waals surface area contributed by atoms with E-state index in [1.165, 1.54) is 9.80 Å². The summed E-state index contributed by atoms with van der Waals surface area (Å²) >= 11 is 3.15. The molecule has 46 heavy (non-hydrogen) atoms. The van der Waals surface area contributed by atoms with Gasteiger partial charge >= 0.3 is 0 Å². The molecule has 4 heterocycles. The Balaban J connectivity index is 0.865. The van der Waals surface area contributed by atoms with Gasteiger partial charge in [-0.1, -0.05) is 24.3 Å². The average molecular weight is 648 g/mol. The van der Waals surface area contributed by atoms with Crippen LogP contribution in [0.4, 0.5) is 0 Å². The summed E-state index contributed by atoms with van der Waals surface area (Å²) in [7, 11) is 0. The molecule has 1 N–H and O–H groups in total. The Bertz CT molecular complexity index is 2140. The van der Waals surface area contributed by atoms with Crippen LogP contribution >= 0.6 is 22.7 Å². The van der Waals surface area contributed by atoms with Gasteiger partial charge in [-0.15, -0.1) is 22.7 Å². The predicted molar refractivity (Wildman–Crippen MR) is 181 cm³/mol. The summed E-state index contributed by atoms with van der Waals surface area (Å²) < 4.78 is 2.00. The molecule has 8 rings (SSSR count). The fraction of sp³-hybridized carbons (Fsp3) is 0.257. The number of amides is 4. The zero-order chi connectivity index (χ0) is 31.7. The maximum absolute atomic E-state index is 13.5. The fourth-order valence-corrected chi connectivity index (χ4v) is 8.68. The summed E-state index contributed by atoms with van der Waals surface area (Å²) in [4.78, 5) is 65.6. The van der Waals surface area contributed by atoms with E-state index in [0.29, 0.717) is 61.3 Å². The number of imide groups is 2. The molecule has 2 aliphatic heterocycles. The van der Waals surface area contributed by atoms with Gasteiger partial charge in [0, 0.05) is 45.8 Å². The van der Waals surface area contributed by atoms with Gasteiger partial charge in [0.25, 0.3) is 23.6 Å². The number of unbranched alkanes of at least 4 members (excludes halogenated alkanes) is 1. The number of thiazole rings is 2. The van der Waals surface area contributed by atoms with Crippen molar-refractivity contribution in [2.24, 2.45) is 0 Å². The number of nitrogens with zero attached hydrogens (tertiary/aromatic N) is 4. The van der Waals surface area contributed by atoms with Gasteiger partial charge in [0.15, 0.2) is 0 Å². The Morgan fingerprint density at radius 2 is 1.07 bits per heavy atom. The Kier molecular flexibility index (Phi) is 6.93. The third-order valence-corrected chi connectivity index (χ3v) is 10.9. The van der Waals surface area contributed by atoms with Gasteiger partial charge in [0.1, 0.15) is 0 Å². The van der Waals surface area contributed by atoms with E-state index in [1.54, 1.807) is 34.8 Å². The molecule has 0 bridgehead atoms. The number of aryl methyl sites for hydroxylation is 2. The van der Waals surface area contributed by atoms with Gasteiger partial charge in [-0.3, -0.25) is 29.0 Å². The molecule has 0 fully saturated rings. The molecule has 0 saturated heterocycles. The van der Waals surface area contributed by atoms with Gasteiger partial charge in [0.2, 0.25) is 0 Å². The van der Waals surface area contributed by atoms with Crippen molar-refractivity contribution >= 4 is 88.3 Å². The number of nitrogens with one attached hydrogen (secondary N) is 1. The maximum Gasteiger partial charge on any atom is 0.261 e. The highest BCUT2D eigenvalue weighted by molar-refractivity contribution is 7.19. The number of carbonyl (C=O) groups is 4. The second-order valence-corrected chi connectivity index (χ2v) is 14.2. The van der Waals surface area contributed by atoms with Crippen LogP contribution in [-0.4, -0.2) is 69.6 Å². The van der Waals surface area contributed by atoms with Crippen LogP contribution in [-0.2, 0) is 0 Å². The molecule has 0 unspecified atom stereocenters. The first-order valence-corrected chi connectivity index (χ1v) is 17.0. The third-order valence-electron chi connectivity index (χ3n) is 8.86. The number of carbonyl (C=O) groups excluding carboxylic acids is 4. The Morgan fingerprint density at radius 3 is 1.59 bits per heavy atom. The van der Waals surface area contributed by atoms with E-state index in [0.717, 1.165) is 58.4 Å². The highest BCUT2D eigenvalue weighted by Gasteiger charge is 2.35. The Morgan fingerprint density at radius 1 is 0.609 bits per heavy atom. The second-order valence-electron chi connectivity index (χ2n) is 11.8. The minimum Gasteiger partial charge on any atom is -0.317 e. The van der Waals surface area contributed by atoms with Gasteiger partial charge in [-0.05, 0) is 70.5 Å². The molecule has 9 nitrogen and oxygen atoms in total. The number of rotatable bonds is 9. The zero-order valence-corrected chi connectivity index (χ0v) is 26.9. The van der Waals surface area contributed by atoms with Crippen LogP contribution in [0, 0.1) is 13.8 Å². The largest absolute Gasteiger partial charge is 0.317 e. The van der Waals surface area contributed by atoms with Crippen LogP contribution in [0.25, 0.3) is 42.0 Å². The lowest BCUT2D eigenvalue weighted by atomic mass is 9.93. The molecule has 230 valence electrons. The molecule has 0 spiro atoms. The van der Waals surface area contributed by atoms with E-state index in [1.807, 2.05) is 50.2 Å². The van der Waals surface area contributed by atoms with Gasteiger partial charge in [-0.2, -0.15) is 0 Å². The third kappa shape index (κ3) is 4.44. The number of hydrogen-bond acceptors (Lipinski definition) is 9. The summed E-state index contributed by atoms with van der Waals surface area (Å²) in [5, 5.41) is 8.48. The van der Waals surface area contributed by atoms with Crippen LogP contribution in [0.2, 0.25) is 0 Å². The molecule has 0 aliphatic carbocycles. The minimum absolute atomic E-state index is 0.254. The summed E-state index contributed by atoms with van der Waals surface area (Å²) in [5.74, 6) is -1.06. The highest BCUT2D eigenvalue weighted by atomic mass is 32.1. The number of hydrogen-bond donors (Lipinski definition) is 1. The molecular weight excluding hydrogens is 619 g/mol. The molecule has 0 radical (unpaired) electrons. The summed E-state index contributed by atoms with van der Waals surface area (Å²) in [6.07, 6.45) is 2.02. The number of benzene rings is 4. The van der Waals surface area contributed by atoms with Crippen molar-refractivity contribution in [2.75, 3.05) is 26.2 Å². The van der Waals surface area contributed by atoms with E-state index < -0.39 is 0 Å². The van der Waals surface area contributed by atoms with E-state index in [4.69, 9.17) is 0 Å². The number of aromatic nitrogens is 2. The number of fused-ring (bicyclic) bond motifs is 4. The van der Waals surface area contributed by atoms with E-state index in [-0.39, 0.29) is 23.6 Å². The fourth-order valence-electron chi connectivity index (χ4n) is 6.82. The van der Waals surface area contributed by atoms with Crippen molar-refractivity contribution in [3.05, 3.63) is 80.8 Å². The highest BCUT2D eigenvalue weighted by Crippen LogP contribution is 2.39. The predicted octanol–water partition coefficient (Wildman–Crippen LogP) is 6.48. The van der Waals surface area contributed by atoms with Gasteiger partial charge in [-0.25, -0.2) is 9.97 Å². The molecule has 0 saturated carbocycles. The quantitative estimate of drug-likeness (QED) is 0.141. The van der Waals surface area contributed by atoms with Crippen molar-refractivity contribution in [3.63, 3.8) is 0 Å². The molecule has 4 amide bonds. The molecule has 11 heteroatoms. The van der Waals surface area contributed by atoms with E-state index >= 15 is 0 Å². The van der Waals surface area contributed by atoms with Crippen molar-refractivity contribution in [3.8, 4) is 0 Å². The van der Waals surface area contributed by atoms with E-state index in [9.17, 15) is 19.2 Å². The van der Waals surface area contributed by atoms with Crippen molar-refractivity contribution in [1.82, 2.24) is 25.1 Å². The molecule has 4 aromatic carbocycles. The first kappa shape index (κ1) is 28.9. The molecule has 0 atom stereocenters. The van der Waals surface area contributed by atoms with E-state index in [2.05, 4.69) is 15.3 Å². The van der Waals surface area contributed by atoms with Crippen molar-refractivity contribution < 1.29 is 19.2 Å². The maximum atomic E-state index is 13.5. The van der Waals surface area contributed by atoms with Crippen molar-refractivity contribution in [1.29, 1.82) is 0 Å². The molecular formula is C35H29N5O4S2. The van der Waals surface area contributed by atoms with Crippen LogP contribution in [0.5, 0.6) is 0 Å². The van der Waals surface area contributed by atoms with Crippen LogP contribution in [0.1, 0.15) is 70.7 Å². The average Bonchev–Trinajstić information content (AvgIpc) is 3.63. The van der Waals surface area contributed by atoms with Crippen LogP contribution < -0.4 is 5.32 Å². The molecule has 2 aliphatic rings. The van der Waals surface area contributed by atoms with Gasteiger partial charge in [0.05, 0.1) is 41.6 Å². The summed E-state index contributed by atoms with van der Waals surface area (Å²) in [6, 6.07) is 14.9. The molecule has 2 aromatic heterocycles. The zero-order valence-electron chi connectivity index (χ0n) is 25.3. The Labute approximate surface area is 271 Å². The second kappa shape index (κ2) is 11.0. The normalized spacial score (nSPS) is 14.7. The summed E-state index contributed by atoms with van der Waals surface area (Å²) in [5.41, 5.74) is 3.75. The van der Waals surface area contributed by atoms with Crippen molar-refractivity contribution in [2.45, 2.75) is 33.1 Å². The van der Waals surface area contributed by atoms with Crippen LogP contribution in [0.3, 0.4) is 0 Å². The Hall–Kier alpha value is -4.58. The topological polar surface area (TPSA) is 113 Å².